The van der Waals surface area contributed by atoms with E-state index in [1.807, 2.05) is 24.3 Å². The lowest BCUT2D eigenvalue weighted by molar-refractivity contribution is -0.185. The Hall–Kier alpha value is -2.49. The summed E-state index contributed by atoms with van der Waals surface area (Å²) in [5, 5.41) is 4.34. The molecule has 5 nitrogen and oxygen atoms in total. The van der Waals surface area contributed by atoms with Crippen LogP contribution in [0.1, 0.15) is 9.67 Å². The van der Waals surface area contributed by atoms with Gasteiger partial charge in [0.25, 0.3) is 5.91 Å². The van der Waals surface area contributed by atoms with Gasteiger partial charge in [0.05, 0.1) is 16.4 Å². The Balaban J connectivity index is 1.55. The molecule has 2 amide bonds. The molecule has 1 aromatic heterocycles. The second-order valence-corrected chi connectivity index (χ2v) is 9.00. The predicted octanol–water partition coefficient (Wildman–Crippen LogP) is 5.67. The van der Waals surface area contributed by atoms with Crippen molar-refractivity contribution in [1.29, 1.82) is 0 Å². The maximum Gasteiger partial charge on any atom is 0.471 e. The summed E-state index contributed by atoms with van der Waals surface area (Å²) in [6, 6.07) is 12.3. The first kappa shape index (κ1) is 22.7. The van der Waals surface area contributed by atoms with E-state index in [2.05, 4.69) is 5.32 Å². The molecule has 0 bridgehead atoms. The number of alkyl halides is 3. The van der Waals surface area contributed by atoms with E-state index in [9.17, 15) is 22.8 Å². The van der Waals surface area contributed by atoms with Gasteiger partial charge in [-0.25, -0.2) is 0 Å². The molecule has 0 atom stereocenters. The highest BCUT2D eigenvalue weighted by molar-refractivity contribution is 7.21. The van der Waals surface area contributed by atoms with Gasteiger partial charge in [0, 0.05) is 41.3 Å². The molecule has 32 heavy (non-hydrogen) atoms. The van der Waals surface area contributed by atoms with Gasteiger partial charge in [0.1, 0.15) is 4.88 Å². The van der Waals surface area contributed by atoms with Crippen molar-refractivity contribution in [3.8, 4) is 0 Å². The van der Waals surface area contributed by atoms with Crippen molar-refractivity contribution in [1.82, 2.24) is 4.90 Å². The number of hydrogen-bond acceptors (Lipinski definition) is 4. The number of nitrogens with zero attached hydrogens (tertiary/aromatic N) is 2. The summed E-state index contributed by atoms with van der Waals surface area (Å²) in [7, 11) is 0. The van der Waals surface area contributed by atoms with E-state index in [1.165, 1.54) is 11.3 Å². The topological polar surface area (TPSA) is 52.7 Å². The van der Waals surface area contributed by atoms with Crippen LogP contribution in [0.5, 0.6) is 0 Å². The largest absolute Gasteiger partial charge is 0.471 e. The van der Waals surface area contributed by atoms with Crippen LogP contribution >= 0.6 is 34.5 Å². The molecule has 168 valence electrons. The Labute approximate surface area is 195 Å². The number of nitrogens with one attached hydrogen (secondary N) is 1. The average molecular weight is 502 g/mol. The van der Waals surface area contributed by atoms with Gasteiger partial charge in [0.15, 0.2) is 0 Å². The number of benzene rings is 2. The lowest BCUT2D eigenvalue weighted by Crippen LogP contribution is -2.52. The second kappa shape index (κ2) is 8.80. The van der Waals surface area contributed by atoms with E-state index in [0.29, 0.717) is 26.3 Å². The van der Waals surface area contributed by atoms with Gasteiger partial charge >= 0.3 is 12.1 Å². The fourth-order valence-electron chi connectivity index (χ4n) is 3.55. The first-order chi connectivity index (χ1) is 15.1. The maximum absolute atomic E-state index is 13.0. The third-order valence-electron chi connectivity index (χ3n) is 5.10. The van der Waals surface area contributed by atoms with E-state index < -0.39 is 18.0 Å². The van der Waals surface area contributed by atoms with Crippen molar-refractivity contribution in [3.05, 3.63) is 57.4 Å². The molecular formula is C21H16Cl2F3N3O2S. The molecule has 1 fully saturated rings. The van der Waals surface area contributed by atoms with Crippen molar-refractivity contribution in [2.24, 2.45) is 0 Å². The highest BCUT2D eigenvalue weighted by atomic mass is 35.5. The highest BCUT2D eigenvalue weighted by Gasteiger charge is 2.43. The van der Waals surface area contributed by atoms with Crippen molar-refractivity contribution in [3.63, 3.8) is 0 Å². The summed E-state index contributed by atoms with van der Waals surface area (Å²) in [6.45, 7) is 0.179. The van der Waals surface area contributed by atoms with E-state index in [1.54, 1.807) is 23.1 Å². The van der Waals surface area contributed by atoms with Gasteiger partial charge in [-0.15, -0.1) is 11.3 Å². The van der Waals surface area contributed by atoms with Crippen LogP contribution in [0.4, 0.5) is 24.5 Å². The predicted molar refractivity (Wildman–Crippen MR) is 121 cm³/mol. The van der Waals surface area contributed by atoms with Gasteiger partial charge in [-0.1, -0.05) is 41.4 Å². The summed E-state index contributed by atoms with van der Waals surface area (Å²) in [4.78, 5) is 27.4. The van der Waals surface area contributed by atoms with Crippen molar-refractivity contribution >= 4 is 67.8 Å². The van der Waals surface area contributed by atoms with Gasteiger partial charge in [-0.2, -0.15) is 13.2 Å². The number of amides is 2. The van der Waals surface area contributed by atoms with Crippen LogP contribution in [0.25, 0.3) is 10.1 Å². The standard InChI is InChI=1S/C21H16Cl2F3N3O2S/c22-12-5-6-15(28-7-9-29(10-8-28)20(31)21(24,25)26)14(11-12)27-19(30)18-17(23)13-3-1-2-4-16(13)32-18/h1-6,11H,7-10H2,(H,27,30). The number of halogens is 5. The van der Waals surface area contributed by atoms with Crippen LogP contribution in [-0.4, -0.2) is 49.1 Å². The van der Waals surface area contributed by atoms with E-state index in [4.69, 9.17) is 23.2 Å². The molecule has 3 aromatic rings. The lowest BCUT2D eigenvalue weighted by atomic mass is 10.2. The molecule has 2 heterocycles. The highest BCUT2D eigenvalue weighted by Crippen LogP contribution is 2.37. The zero-order valence-electron chi connectivity index (χ0n) is 16.4. The molecule has 11 heteroatoms. The number of thiophene rings is 1. The number of fused-ring (bicyclic) bond motifs is 1. The SMILES string of the molecule is O=C(Nc1cc(Cl)ccc1N1CCN(C(=O)C(F)(F)F)CC1)c1sc2ccccc2c1Cl. The van der Waals surface area contributed by atoms with Gasteiger partial charge in [-0.3, -0.25) is 9.59 Å². The third-order valence-corrected chi connectivity index (χ3v) is 7.01. The Morgan fingerprint density at radius 3 is 2.34 bits per heavy atom. The smallest absolute Gasteiger partial charge is 0.366 e. The Kier molecular flexibility index (Phi) is 6.24. The van der Waals surface area contributed by atoms with Gasteiger partial charge in [-0.05, 0) is 24.3 Å². The van der Waals surface area contributed by atoms with Crippen molar-refractivity contribution in [2.45, 2.75) is 6.18 Å². The third kappa shape index (κ3) is 4.51. The van der Waals surface area contributed by atoms with Gasteiger partial charge in [0.2, 0.25) is 0 Å². The molecule has 1 aliphatic heterocycles. The average Bonchev–Trinajstić information content (AvgIpc) is 3.10. The zero-order chi connectivity index (χ0) is 23.0. The van der Waals surface area contributed by atoms with E-state index in [-0.39, 0.29) is 26.2 Å². The summed E-state index contributed by atoms with van der Waals surface area (Å²) < 4.78 is 39.0. The molecule has 1 saturated heterocycles. The Bertz CT molecular complexity index is 1190. The molecule has 0 aliphatic carbocycles. The van der Waals surface area contributed by atoms with Crippen LogP contribution in [0.2, 0.25) is 10.0 Å². The monoisotopic (exact) mass is 501 g/mol. The molecule has 2 aromatic carbocycles. The lowest BCUT2D eigenvalue weighted by Gasteiger charge is -2.37. The number of carbonyl (C=O) groups is 2. The van der Waals surface area contributed by atoms with Crippen molar-refractivity contribution < 1.29 is 22.8 Å². The molecule has 0 spiro atoms. The molecule has 0 radical (unpaired) electrons. The fourth-order valence-corrected chi connectivity index (χ4v) is 5.14. The quantitative estimate of drug-likeness (QED) is 0.502. The van der Waals surface area contributed by atoms with Crippen LogP contribution in [-0.2, 0) is 4.79 Å². The first-order valence-electron chi connectivity index (χ1n) is 9.54. The zero-order valence-corrected chi connectivity index (χ0v) is 18.7. The summed E-state index contributed by atoms with van der Waals surface area (Å²) in [5.74, 6) is -2.26. The van der Waals surface area contributed by atoms with Gasteiger partial charge < -0.3 is 15.1 Å². The Morgan fingerprint density at radius 1 is 1.00 bits per heavy atom. The summed E-state index contributed by atoms with van der Waals surface area (Å²) in [5.41, 5.74) is 1.01. The number of piperazine rings is 1. The first-order valence-corrected chi connectivity index (χ1v) is 11.1. The van der Waals surface area contributed by atoms with Crippen LogP contribution in [0.15, 0.2) is 42.5 Å². The molecule has 1 aliphatic rings. The number of carbonyl (C=O) groups excluding carboxylic acids is 2. The summed E-state index contributed by atoms with van der Waals surface area (Å²) in [6.07, 6.45) is -4.90. The number of anilines is 2. The van der Waals surface area contributed by atoms with Crippen LogP contribution in [0.3, 0.4) is 0 Å². The normalized spacial score (nSPS) is 14.7. The minimum atomic E-state index is -4.90. The number of rotatable bonds is 3. The van der Waals surface area contributed by atoms with Crippen molar-refractivity contribution in [2.75, 3.05) is 36.4 Å². The maximum atomic E-state index is 13.0. The molecule has 1 N–H and O–H groups in total. The van der Waals surface area contributed by atoms with E-state index in [0.717, 1.165) is 15.0 Å². The van der Waals surface area contributed by atoms with E-state index >= 15 is 0 Å². The summed E-state index contributed by atoms with van der Waals surface area (Å²) >= 11 is 13.8. The molecular weight excluding hydrogens is 486 g/mol. The molecule has 4 rings (SSSR count). The van der Waals surface area contributed by atoms with Crippen LogP contribution < -0.4 is 10.2 Å². The number of hydrogen-bond donors (Lipinski definition) is 1. The van der Waals surface area contributed by atoms with Crippen LogP contribution in [0, 0.1) is 0 Å². The molecule has 0 unspecified atom stereocenters. The Morgan fingerprint density at radius 2 is 1.69 bits per heavy atom. The second-order valence-electron chi connectivity index (χ2n) is 7.13. The molecule has 0 saturated carbocycles. The fraction of sp³-hybridized carbons (Fsp3) is 0.238. The minimum absolute atomic E-state index is 0.0868. The minimum Gasteiger partial charge on any atom is -0.366 e.